The third-order valence-electron chi connectivity index (χ3n) is 1.97. The minimum Gasteiger partial charge on any atom is -0.468 e. The molecular weight excluding hydrogens is 176 g/mol. The molecule has 72 valence electrons. The van der Waals surface area contributed by atoms with Gasteiger partial charge in [-0.3, -0.25) is 0 Å². The fraction of sp³-hybridized carbons (Fsp3) is 0.167. The SMILES string of the molecule is [2H]c1c(OCOC)ccc2ccccc12. The van der Waals surface area contributed by atoms with Crippen molar-refractivity contribution in [2.75, 3.05) is 13.9 Å². The second-order valence-electron chi connectivity index (χ2n) is 2.96. The van der Waals surface area contributed by atoms with Crippen LogP contribution in [0.25, 0.3) is 10.8 Å². The monoisotopic (exact) mass is 189 g/mol. The molecule has 2 aromatic rings. The maximum atomic E-state index is 7.94. The van der Waals surface area contributed by atoms with Crippen LogP contribution in [0.2, 0.25) is 0 Å². The molecule has 0 aliphatic carbocycles. The van der Waals surface area contributed by atoms with Crippen LogP contribution in [0.4, 0.5) is 0 Å². The molecule has 0 spiro atoms. The molecule has 0 unspecified atom stereocenters. The Morgan fingerprint density at radius 2 is 1.93 bits per heavy atom. The summed E-state index contributed by atoms with van der Waals surface area (Å²) in [5.74, 6) is 0.551. The van der Waals surface area contributed by atoms with Crippen LogP contribution >= 0.6 is 0 Å². The number of hydrogen-bond acceptors (Lipinski definition) is 2. The van der Waals surface area contributed by atoms with Crippen LogP contribution in [-0.4, -0.2) is 13.9 Å². The van der Waals surface area contributed by atoms with Gasteiger partial charge in [0, 0.05) is 7.11 Å². The Balaban J connectivity index is 2.45. The summed E-state index contributed by atoms with van der Waals surface area (Å²) in [6, 6.07) is 11.9. The van der Waals surface area contributed by atoms with Crippen molar-refractivity contribution in [1.82, 2.24) is 0 Å². The topological polar surface area (TPSA) is 18.5 Å². The standard InChI is InChI=1S/C12H12O2/c1-13-9-14-12-7-6-10-4-2-3-5-11(10)8-12/h2-8H,9H2,1H3/i8D. The lowest BCUT2D eigenvalue weighted by Crippen LogP contribution is -1.98. The Morgan fingerprint density at radius 3 is 2.71 bits per heavy atom. The molecule has 0 fully saturated rings. The molecule has 2 heteroatoms. The van der Waals surface area contributed by atoms with E-state index in [-0.39, 0.29) is 6.79 Å². The van der Waals surface area contributed by atoms with Crippen molar-refractivity contribution in [2.45, 2.75) is 0 Å². The average molecular weight is 189 g/mol. The van der Waals surface area contributed by atoms with Gasteiger partial charge >= 0.3 is 0 Å². The second kappa shape index (κ2) is 4.11. The quantitative estimate of drug-likeness (QED) is 0.691. The van der Waals surface area contributed by atoms with E-state index in [2.05, 4.69) is 0 Å². The van der Waals surface area contributed by atoms with Crippen LogP contribution in [0.3, 0.4) is 0 Å². The Kier molecular flexibility index (Phi) is 2.30. The van der Waals surface area contributed by atoms with Crippen molar-refractivity contribution in [1.29, 1.82) is 0 Å². The molecule has 0 atom stereocenters. The number of fused-ring (bicyclic) bond motifs is 1. The van der Waals surface area contributed by atoms with Crippen LogP contribution < -0.4 is 4.74 Å². The van der Waals surface area contributed by atoms with Gasteiger partial charge in [0.1, 0.15) is 5.75 Å². The molecule has 0 saturated heterocycles. The number of hydrogen-bond donors (Lipinski definition) is 0. The molecule has 2 nitrogen and oxygen atoms in total. The molecule has 0 aliphatic heterocycles. The van der Waals surface area contributed by atoms with E-state index in [1.807, 2.05) is 30.3 Å². The molecule has 0 heterocycles. The fourth-order valence-electron chi connectivity index (χ4n) is 1.30. The van der Waals surface area contributed by atoms with Crippen LogP contribution in [0.5, 0.6) is 5.75 Å². The molecule has 0 bridgehead atoms. The third kappa shape index (κ3) is 1.86. The van der Waals surface area contributed by atoms with Gasteiger partial charge in [-0.15, -0.1) is 0 Å². The predicted octanol–water partition coefficient (Wildman–Crippen LogP) is 2.82. The lowest BCUT2D eigenvalue weighted by molar-refractivity contribution is 0.0512. The van der Waals surface area contributed by atoms with Crippen LogP contribution in [0, 0.1) is 0 Å². The van der Waals surface area contributed by atoms with Crippen LogP contribution in [-0.2, 0) is 4.74 Å². The van der Waals surface area contributed by atoms with E-state index in [0.29, 0.717) is 11.8 Å². The number of benzene rings is 2. The van der Waals surface area contributed by atoms with Crippen LogP contribution in [0.1, 0.15) is 1.37 Å². The number of ether oxygens (including phenoxy) is 2. The Labute approximate surface area is 84.5 Å². The van der Waals surface area contributed by atoms with Gasteiger partial charge in [0.05, 0.1) is 1.37 Å². The maximum Gasteiger partial charge on any atom is 0.188 e. The van der Waals surface area contributed by atoms with E-state index in [9.17, 15) is 0 Å². The number of methoxy groups -OCH3 is 1. The van der Waals surface area contributed by atoms with E-state index >= 15 is 0 Å². The van der Waals surface area contributed by atoms with Crippen molar-refractivity contribution >= 4 is 10.8 Å². The first-order valence-corrected chi connectivity index (χ1v) is 4.43. The van der Waals surface area contributed by atoms with E-state index in [0.717, 1.165) is 10.8 Å². The van der Waals surface area contributed by atoms with Crippen LogP contribution in [0.15, 0.2) is 42.4 Å². The summed E-state index contributed by atoms with van der Waals surface area (Å²) in [6.45, 7) is 0.171. The van der Waals surface area contributed by atoms with E-state index < -0.39 is 0 Å². The molecule has 0 amide bonds. The highest BCUT2D eigenvalue weighted by Gasteiger charge is 1.95. The second-order valence-corrected chi connectivity index (χ2v) is 2.96. The summed E-state index contributed by atoms with van der Waals surface area (Å²) >= 11 is 0. The molecule has 0 N–H and O–H groups in total. The zero-order valence-corrected chi connectivity index (χ0v) is 7.99. The Bertz CT molecular complexity index is 468. The maximum absolute atomic E-state index is 7.94. The van der Waals surface area contributed by atoms with Gasteiger partial charge in [-0.25, -0.2) is 0 Å². The molecule has 0 radical (unpaired) electrons. The average Bonchev–Trinajstić information content (AvgIpc) is 2.29. The van der Waals surface area contributed by atoms with E-state index in [1.54, 1.807) is 13.2 Å². The largest absolute Gasteiger partial charge is 0.468 e. The molecular formula is C12H12O2. The van der Waals surface area contributed by atoms with Gasteiger partial charge in [-0.1, -0.05) is 30.3 Å². The summed E-state index contributed by atoms with van der Waals surface area (Å²) in [5, 5.41) is 1.94. The predicted molar refractivity (Wildman–Crippen MR) is 56.5 cm³/mol. The van der Waals surface area contributed by atoms with Gasteiger partial charge in [0.25, 0.3) is 0 Å². The summed E-state index contributed by atoms with van der Waals surface area (Å²) in [4.78, 5) is 0. The lowest BCUT2D eigenvalue weighted by atomic mass is 10.1. The smallest absolute Gasteiger partial charge is 0.188 e. The van der Waals surface area contributed by atoms with Crippen molar-refractivity contribution < 1.29 is 10.8 Å². The van der Waals surface area contributed by atoms with Gasteiger partial charge in [0.15, 0.2) is 6.79 Å². The first-order valence-electron chi connectivity index (χ1n) is 4.93. The third-order valence-corrected chi connectivity index (χ3v) is 1.97. The van der Waals surface area contributed by atoms with Gasteiger partial charge in [-0.05, 0) is 22.9 Å². The van der Waals surface area contributed by atoms with Crippen molar-refractivity contribution in [3.8, 4) is 5.75 Å². The summed E-state index contributed by atoms with van der Waals surface area (Å²) in [6.07, 6.45) is 0. The van der Waals surface area contributed by atoms with Crippen molar-refractivity contribution in [3.05, 3.63) is 42.4 Å². The highest BCUT2D eigenvalue weighted by atomic mass is 16.7. The Morgan fingerprint density at radius 1 is 1.14 bits per heavy atom. The molecule has 14 heavy (non-hydrogen) atoms. The van der Waals surface area contributed by atoms with E-state index in [4.69, 9.17) is 10.8 Å². The van der Waals surface area contributed by atoms with Crippen molar-refractivity contribution in [3.63, 3.8) is 0 Å². The fourth-order valence-corrected chi connectivity index (χ4v) is 1.30. The molecule has 2 aromatic carbocycles. The van der Waals surface area contributed by atoms with E-state index in [1.165, 1.54) is 0 Å². The van der Waals surface area contributed by atoms with Gasteiger partial charge in [0.2, 0.25) is 0 Å². The zero-order chi connectivity index (χ0) is 10.7. The molecule has 2 rings (SSSR count). The summed E-state index contributed by atoms with van der Waals surface area (Å²) in [7, 11) is 1.56. The lowest BCUT2D eigenvalue weighted by Gasteiger charge is -2.05. The van der Waals surface area contributed by atoms with Gasteiger partial charge < -0.3 is 9.47 Å². The van der Waals surface area contributed by atoms with Crippen molar-refractivity contribution in [2.24, 2.45) is 0 Å². The summed E-state index contributed by atoms with van der Waals surface area (Å²) < 4.78 is 18.0. The minimum atomic E-state index is 0.171. The first kappa shape index (κ1) is 7.83. The van der Waals surface area contributed by atoms with Gasteiger partial charge in [-0.2, -0.15) is 0 Å². The molecule has 0 aliphatic rings. The summed E-state index contributed by atoms with van der Waals surface area (Å²) in [5.41, 5.74) is 0. The zero-order valence-electron chi connectivity index (χ0n) is 8.99. The molecule has 0 aromatic heterocycles. The highest BCUT2D eigenvalue weighted by molar-refractivity contribution is 5.83. The minimum absolute atomic E-state index is 0.171. The normalized spacial score (nSPS) is 11.4. The Hall–Kier alpha value is -1.54. The number of rotatable bonds is 3. The molecule has 0 saturated carbocycles. The highest BCUT2D eigenvalue weighted by Crippen LogP contribution is 2.20. The first-order chi connectivity index (χ1) is 7.33.